The fourth-order valence-electron chi connectivity index (χ4n) is 2.61. The Hall–Kier alpha value is -2.09. The summed E-state index contributed by atoms with van der Waals surface area (Å²) in [5, 5.41) is 3.93. The summed E-state index contributed by atoms with van der Waals surface area (Å²) in [5.74, 6) is 1.34. The summed E-state index contributed by atoms with van der Waals surface area (Å²) in [6, 6.07) is 7.31. The van der Waals surface area contributed by atoms with Crippen molar-refractivity contribution in [3.8, 4) is 17.1 Å². The van der Waals surface area contributed by atoms with E-state index in [-0.39, 0.29) is 25.1 Å². The molecule has 0 amide bonds. The molecule has 0 bridgehead atoms. The highest BCUT2D eigenvalue weighted by atomic mass is 19.4. The van der Waals surface area contributed by atoms with Crippen LogP contribution in [0.25, 0.3) is 11.4 Å². The van der Waals surface area contributed by atoms with Crippen LogP contribution in [0.4, 0.5) is 13.2 Å². The van der Waals surface area contributed by atoms with E-state index in [1.807, 2.05) is 38.1 Å². The first kappa shape index (κ1) is 16.8. The summed E-state index contributed by atoms with van der Waals surface area (Å²) in [7, 11) is 0. The molecule has 24 heavy (non-hydrogen) atoms. The normalized spacial score (nSPS) is 16.4. The average Bonchev–Trinajstić information content (AvgIpc) is 2.90. The molecule has 2 heterocycles. The van der Waals surface area contributed by atoms with E-state index in [0.29, 0.717) is 17.5 Å². The summed E-state index contributed by atoms with van der Waals surface area (Å²) >= 11 is 0. The summed E-state index contributed by atoms with van der Waals surface area (Å²) in [6.45, 7) is 3.51. The SMILES string of the molecule is CC(C)Oc1cccc(-c2noc(C3CN(CC(F)(F)F)C3)n2)c1. The molecule has 0 unspecified atom stereocenters. The van der Waals surface area contributed by atoms with Gasteiger partial charge < -0.3 is 9.26 Å². The Morgan fingerprint density at radius 1 is 1.33 bits per heavy atom. The molecule has 1 aromatic heterocycles. The monoisotopic (exact) mass is 341 g/mol. The second-order valence-corrected chi connectivity index (χ2v) is 6.16. The van der Waals surface area contributed by atoms with Crippen LogP contribution >= 0.6 is 0 Å². The van der Waals surface area contributed by atoms with Crippen molar-refractivity contribution in [1.82, 2.24) is 15.0 Å². The number of likely N-dealkylation sites (tertiary alicyclic amines) is 1. The Morgan fingerprint density at radius 3 is 2.75 bits per heavy atom. The molecule has 0 aliphatic carbocycles. The smallest absolute Gasteiger partial charge is 0.401 e. The van der Waals surface area contributed by atoms with Gasteiger partial charge in [0.15, 0.2) is 0 Å². The van der Waals surface area contributed by atoms with Crippen LogP contribution < -0.4 is 4.74 Å². The summed E-state index contributed by atoms with van der Waals surface area (Å²) in [4.78, 5) is 5.62. The Morgan fingerprint density at radius 2 is 2.08 bits per heavy atom. The summed E-state index contributed by atoms with van der Waals surface area (Å²) < 4.78 is 47.8. The number of halogens is 3. The molecular weight excluding hydrogens is 323 g/mol. The van der Waals surface area contributed by atoms with Gasteiger partial charge in [-0.05, 0) is 26.0 Å². The minimum atomic E-state index is -4.18. The van der Waals surface area contributed by atoms with Crippen LogP contribution in [0.3, 0.4) is 0 Å². The molecule has 0 spiro atoms. The van der Waals surface area contributed by atoms with Gasteiger partial charge in [-0.25, -0.2) is 0 Å². The predicted molar refractivity (Wildman–Crippen MR) is 80.7 cm³/mol. The predicted octanol–water partition coefficient (Wildman–Crippen LogP) is 3.49. The lowest BCUT2D eigenvalue weighted by Crippen LogP contribution is -2.49. The summed E-state index contributed by atoms with van der Waals surface area (Å²) in [5.41, 5.74) is 0.745. The van der Waals surface area contributed by atoms with E-state index >= 15 is 0 Å². The third kappa shape index (κ3) is 4.05. The van der Waals surface area contributed by atoms with Crippen molar-refractivity contribution in [2.24, 2.45) is 0 Å². The Bertz CT molecular complexity index is 694. The Kier molecular flexibility index (Phi) is 4.49. The molecule has 3 rings (SSSR count). The third-order valence-corrected chi connectivity index (χ3v) is 3.62. The maximum absolute atomic E-state index is 12.3. The van der Waals surface area contributed by atoms with Gasteiger partial charge in [-0.15, -0.1) is 0 Å². The number of ether oxygens (including phenoxy) is 1. The quantitative estimate of drug-likeness (QED) is 0.833. The molecule has 1 saturated heterocycles. The second-order valence-electron chi connectivity index (χ2n) is 6.16. The van der Waals surface area contributed by atoms with Crippen LogP contribution in [-0.2, 0) is 0 Å². The zero-order valence-corrected chi connectivity index (χ0v) is 13.4. The largest absolute Gasteiger partial charge is 0.491 e. The van der Waals surface area contributed by atoms with Crippen LogP contribution in [0.15, 0.2) is 28.8 Å². The van der Waals surface area contributed by atoms with Crippen molar-refractivity contribution in [3.63, 3.8) is 0 Å². The molecule has 1 aliphatic rings. The Balaban J connectivity index is 1.65. The molecule has 130 valence electrons. The van der Waals surface area contributed by atoms with Gasteiger partial charge in [0, 0.05) is 18.7 Å². The van der Waals surface area contributed by atoms with Gasteiger partial charge in [0.2, 0.25) is 11.7 Å². The van der Waals surface area contributed by atoms with Gasteiger partial charge in [0.25, 0.3) is 0 Å². The van der Waals surface area contributed by atoms with E-state index in [1.165, 1.54) is 4.90 Å². The highest BCUT2D eigenvalue weighted by Crippen LogP contribution is 2.30. The van der Waals surface area contributed by atoms with E-state index in [9.17, 15) is 13.2 Å². The van der Waals surface area contributed by atoms with Crippen LogP contribution in [0, 0.1) is 0 Å². The number of hydrogen-bond donors (Lipinski definition) is 0. The first-order valence-electron chi connectivity index (χ1n) is 7.70. The fraction of sp³-hybridized carbons (Fsp3) is 0.500. The molecule has 0 saturated carbocycles. The van der Waals surface area contributed by atoms with Crippen LogP contribution in [0.5, 0.6) is 5.75 Å². The highest BCUT2D eigenvalue weighted by molar-refractivity contribution is 5.56. The van der Waals surface area contributed by atoms with E-state index in [1.54, 1.807) is 0 Å². The van der Waals surface area contributed by atoms with Gasteiger partial charge in [-0.2, -0.15) is 18.2 Å². The molecule has 0 radical (unpaired) electrons. The lowest BCUT2D eigenvalue weighted by atomic mass is 10.0. The molecule has 8 heteroatoms. The maximum Gasteiger partial charge on any atom is 0.401 e. The van der Waals surface area contributed by atoms with Gasteiger partial charge in [0.05, 0.1) is 18.6 Å². The van der Waals surface area contributed by atoms with E-state index < -0.39 is 12.7 Å². The number of alkyl halides is 3. The lowest BCUT2D eigenvalue weighted by molar-refractivity contribution is -0.155. The first-order valence-corrected chi connectivity index (χ1v) is 7.70. The fourth-order valence-corrected chi connectivity index (χ4v) is 2.61. The maximum atomic E-state index is 12.3. The van der Waals surface area contributed by atoms with Crippen molar-refractivity contribution in [2.75, 3.05) is 19.6 Å². The van der Waals surface area contributed by atoms with Crippen LogP contribution in [0.1, 0.15) is 25.7 Å². The number of aromatic nitrogens is 2. The van der Waals surface area contributed by atoms with Crippen molar-refractivity contribution in [3.05, 3.63) is 30.2 Å². The van der Waals surface area contributed by atoms with Gasteiger partial charge in [-0.1, -0.05) is 17.3 Å². The molecule has 1 fully saturated rings. The standard InChI is InChI=1S/C16H18F3N3O2/c1-10(2)23-13-5-3-4-11(6-13)14-20-15(24-21-14)12-7-22(8-12)9-16(17,18)19/h3-6,10,12H,7-9H2,1-2H3. The molecule has 2 aromatic rings. The highest BCUT2D eigenvalue weighted by Gasteiger charge is 2.39. The van der Waals surface area contributed by atoms with E-state index in [0.717, 1.165) is 5.56 Å². The minimum absolute atomic E-state index is 0.0515. The average molecular weight is 341 g/mol. The van der Waals surface area contributed by atoms with Crippen LogP contribution in [0.2, 0.25) is 0 Å². The Labute approximate surface area is 137 Å². The van der Waals surface area contributed by atoms with E-state index in [4.69, 9.17) is 9.26 Å². The van der Waals surface area contributed by atoms with Crippen molar-refractivity contribution < 1.29 is 22.4 Å². The zero-order valence-electron chi connectivity index (χ0n) is 13.4. The van der Waals surface area contributed by atoms with Crippen LogP contribution in [-0.4, -0.2) is 47.0 Å². The molecule has 1 aromatic carbocycles. The lowest BCUT2D eigenvalue weighted by Gasteiger charge is -2.37. The number of rotatable bonds is 5. The topological polar surface area (TPSA) is 51.4 Å². The molecule has 1 aliphatic heterocycles. The van der Waals surface area contributed by atoms with Crippen molar-refractivity contribution in [1.29, 1.82) is 0 Å². The number of benzene rings is 1. The summed E-state index contributed by atoms with van der Waals surface area (Å²) in [6.07, 6.45) is -4.13. The van der Waals surface area contributed by atoms with Gasteiger partial charge in [-0.3, -0.25) is 4.90 Å². The van der Waals surface area contributed by atoms with E-state index in [2.05, 4.69) is 10.1 Å². The minimum Gasteiger partial charge on any atom is -0.491 e. The third-order valence-electron chi connectivity index (χ3n) is 3.62. The van der Waals surface area contributed by atoms with Gasteiger partial charge in [0.1, 0.15) is 5.75 Å². The molecular formula is C16H18F3N3O2. The van der Waals surface area contributed by atoms with Crippen molar-refractivity contribution >= 4 is 0 Å². The number of nitrogens with zero attached hydrogens (tertiary/aromatic N) is 3. The number of hydrogen-bond acceptors (Lipinski definition) is 5. The first-order chi connectivity index (χ1) is 11.3. The second kappa shape index (κ2) is 6.43. The molecule has 5 nitrogen and oxygen atoms in total. The molecule has 0 N–H and O–H groups in total. The van der Waals surface area contributed by atoms with Gasteiger partial charge >= 0.3 is 6.18 Å². The van der Waals surface area contributed by atoms with Crippen molar-refractivity contribution in [2.45, 2.75) is 32.0 Å². The molecule has 0 atom stereocenters. The zero-order chi connectivity index (χ0) is 17.3.